The Balaban J connectivity index is 0.000000110. The van der Waals surface area contributed by atoms with E-state index >= 15 is 0 Å². The molecule has 0 amide bonds. The van der Waals surface area contributed by atoms with Crippen molar-refractivity contribution in [3.63, 3.8) is 0 Å². The Morgan fingerprint density at radius 3 is 1.42 bits per heavy atom. The van der Waals surface area contributed by atoms with Crippen LogP contribution in [0.25, 0.3) is 49.8 Å². The molecule has 0 spiro atoms. The summed E-state index contributed by atoms with van der Waals surface area (Å²) in [4.78, 5) is 24.2. The number of carbonyl (C=O) groups excluding carboxylic acids is 2. The van der Waals surface area contributed by atoms with Gasteiger partial charge in [-0.15, -0.1) is 0 Å². The van der Waals surface area contributed by atoms with Crippen LogP contribution in [0.1, 0.15) is 190 Å². The molecule has 12 aliphatic rings. The number of Topliss-reactive ketones (excluding diaryl/α,β-unsaturated/α-hetero) is 1. The lowest BCUT2D eigenvalue weighted by Crippen LogP contribution is -2.53. The van der Waals surface area contributed by atoms with Gasteiger partial charge in [0.1, 0.15) is 5.78 Å². The number of hydrogen-bond acceptors (Lipinski definition) is 3. The number of nitrogens with zero attached hydrogens (tertiary/aromatic N) is 3. The number of fused-ring (bicyclic) bond motifs is 18. The molecule has 462 valence electrons. The van der Waals surface area contributed by atoms with Crippen LogP contribution in [0.4, 0.5) is 0 Å². The molecule has 7 saturated carbocycles. The van der Waals surface area contributed by atoms with Gasteiger partial charge in [0.05, 0.1) is 22.7 Å². The summed E-state index contributed by atoms with van der Waals surface area (Å²) in [7, 11) is 0. The molecule has 17 atom stereocenters. The maximum Gasteiger partial charge on any atom is 0.155 e. The van der Waals surface area contributed by atoms with Crippen molar-refractivity contribution in [3.8, 4) is 0 Å². The summed E-state index contributed by atoms with van der Waals surface area (Å²) >= 11 is 0. The lowest BCUT2D eigenvalue weighted by Gasteiger charge is -2.60. The van der Waals surface area contributed by atoms with Crippen molar-refractivity contribution >= 4 is 61.4 Å². The number of aliphatic hydroxyl groups is 1. The molecule has 7 fully saturated rings. The van der Waals surface area contributed by atoms with E-state index in [-0.39, 0.29) is 35.2 Å². The lowest BCUT2D eigenvalue weighted by atomic mass is 9.45. The predicted molar refractivity (Wildman–Crippen MR) is 363 cm³/mol. The number of para-hydroxylation sites is 3. The zero-order valence-corrected chi connectivity index (χ0v) is 53.3. The highest BCUT2D eigenvalue weighted by atomic mass is 16.3. The fourth-order valence-electron chi connectivity index (χ4n) is 23.9. The average Bonchev–Trinajstić information content (AvgIpc) is 1.36. The highest BCUT2D eigenvalue weighted by Crippen LogP contribution is 2.70. The van der Waals surface area contributed by atoms with Crippen LogP contribution in [0, 0.1) is 91.7 Å². The van der Waals surface area contributed by atoms with Crippen LogP contribution in [-0.4, -0.2) is 36.5 Å². The van der Waals surface area contributed by atoms with Crippen molar-refractivity contribution in [2.75, 3.05) is 0 Å². The van der Waals surface area contributed by atoms with Crippen molar-refractivity contribution in [1.29, 1.82) is 0 Å². The SMILES string of the molecule is C.C[C@]12CCC(=O)C=C1CCC1C2CC[C@]2(C)C(n3ccc4ccccc43)=CCC12.C[C@]12CCC3C(CC[C@H]4CC(=O)CC[C@]34C)C1CC=C2n1ccc2ccccc21.C[C@]12CC[C@H](O)CC1=CCC1C2CC[C@]2(C)C(n3ccc4ccccc43)=CCC12. The van der Waals surface area contributed by atoms with Gasteiger partial charge in [-0.05, 0) is 256 Å². The number of ketones is 2. The smallest absolute Gasteiger partial charge is 0.155 e. The fraction of sp³-hybridized carbons (Fsp3) is 0.561. The monoisotopic (exact) mass is 1180 g/mol. The molecule has 12 aliphatic carbocycles. The zero-order chi connectivity index (χ0) is 59.4. The maximum absolute atomic E-state index is 12.1. The van der Waals surface area contributed by atoms with Gasteiger partial charge < -0.3 is 18.8 Å². The standard InChI is InChI=1S/2C27H33NO.C27H31NO.CH4/c3*1-26-14-11-20(29)17-19(26)7-8-21-22-9-10-25(27(22,2)15-12-23(21)26)28-16-13-18-5-3-4-6-24(18)28;/h3-6,10,13,16,19,21-23H,7-9,11-12,14-15,17H2,1-2H3;3-7,10,13,16,20-23,29H,8-9,11-12,14-15,17H2,1-2H3;3-6,10,13,16-17,21-23H,7-9,11-12,14-15H2,1-2H3;1H4/t19-,21?,22?,23?,26-,27-;20-,21?,22?,23?,26-,27-;21?,22?,23?,26-,27-;/m000./s1. The van der Waals surface area contributed by atoms with Crippen LogP contribution in [0.2, 0.25) is 0 Å². The van der Waals surface area contributed by atoms with Gasteiger partial charge in [0.2, 0.25) is 0 Å². The number of aliphatic hydroxyl groups excluding tert-OH is 1. The van der Waals surface area contributed by atoms with Crippen molar-refractivity contribution in [2.45, 2.75) is 196 Å². The van der Waals surface area contributed by atoms with E-state index in [0.29, 0.717) is 28.3 Å². The van der Waals surface area contributed by atoms with Gasteiger partial charge in [-0.3, -0.25) is 9.59 Å². The Hall–Kier alpha value is -5.72. The normalized spacial score (nSPS) is 40.1. The molecule has 1 N–H and O–H groups in total. The molecule has 0 radical (unpaired) electrons. The second-order valence-electron chi connectivity index (χ2n) is 32.1. The topological polar surface area (TPSA) is 69.2 Å². The summed E-state index contributed by atoms with van der Waals surface area (Å²) in [5.41, 5.74) is 13.5. The third kappa shape index (κ3) is 8.74. The molecule has 88 heavy (non-hydrogen) atoms. The number of aromatic nitrogens is 3. The summed E-state index contributed by atoms with van der Waals surface area (Å²) in [5.74, 6) is 8.58. The highest BCUT2D eigenvalue weighted by molar-refractivity contribution is 5.92. The molecule has 6 aromatic rings. The second kappa shape index (κ2) is 21.4. The molecule has 3 aromatic carbocycles. The summed E-state index contributed by atoms with van der Waals surface area (Å²) in [6, 6.07) is 33.2. The predicted octanol–water partition coefficient (Wildman–Crippen LogP) is 20.4. The quantitative estimate of drug-likeness (QED) is 0.180. The minimum Gasteiger partial charge on any atom is -0.393 e. The van der Waals surface area contributed by atoms with E-state index in [9.17, 15) is 14.7 Å². The number of rotatable bonds is 3. The third-order valence-corrected chi connectivity index (χ3v) is 28.7. The van der Waals surface area contributed by atoms with Crippen molar-refractivity contribution in [2.24, 2.45) is 91.7 Å². The largest absolute Gasteiger partial charge is 0.393 e. The molecule has 3 aromatic heterocycles. The van der Waals surface area contributed by atoms with Crippen LogP contribution < -0.4 is 0 Å². The first-order chi connectivity index (χ1) is 42.0. The van der Waals surface area contributed by atoms with E-state index in [1.165, 1.54) is 134 Å². The first-order valence-corrected chi connectivity index (χ1v) is 35.0. The Morgan fingerprint density at radius 1 is 0.409 bits per heavy atom. The van der Waals surface area contributed by atoms with Gasteiger partial charge >= 0.3 is 0 Å². The number of hydrogen-bond donors (Lipinski definition) is 1. The van der Waals surface area contributed by atoms with Crippen molar-refractivity contribution < 1.29 is 14.7 Å². The van der Waals surface area contributed by atoms with Crippen molar-refractivity contribution in [3.05, 3.63) is 151 Å². The number of carbonyl (C=O) groups is 2. The molecule has 0 aliphatic heterocycles. The Labute approximate surface area is 526 Å². The average molecular weight is 1180 g/mol. The highest BCUT2D eigenvalue weighted by Gasteiger charge is 2.61. The van der Waals surface area contributed by atoms with E-state index < -0.39 is 0 Å². The van der Waals surface area contributed by atoms with Crippen LogP contribution >= 0.6 is 0 Å². The van der Waals surface area contributed by atoms with Gasteiger partial charge in [0.25, 0.3) is 0 Å². The summed E-state index contributed by atoms with van der Waals surface area (Å²) < 4.78 is 7.45. The molecule has 0 saturated heterocycles. The number of allylic oxidation sites excluding steroid dienone is 9. The summed E-state index contributed by atoms with van der Waals surface area (Å²) in [5, 5.41) is 14.2. The molecular weight excluding hydrogens is 1070 g/mol. The van der Waals surface area contributed by atoms with E-state index in [1.807, 2.05) is 6.08 Å². The third-order valence-electron chi connectivity index (χ3n) is 28.7. The van der Waals surface area contributed by atoms with Crippen LogP contribution in [0.15, 0.2) is 151 Å². The van der Waals surface area contributed by atoms with Gasteiger partial charge in [-0.1, -0.05) is 139 Å². The summed E-state index contributed by atoms with van der Waals surface area (Å²) in [6.07, 6.45) is 44.5. The number of benzene rings is 3. The Bertz CT molecular complexity index is 3910. The zero-order valence-electron chi connectivity index (χ0n) is 53.3. The minimum atomic E-state index is -0.110. The summed E-state index contributed by atoms with van der Waals surface area (Å²) in [6.45, 7) is 15.2. The Kier molecular flexibility index (Phi) is 14.3. The molecular formula is C82H101N3O3. The maximum atomic E-state index is 12.1. The van der Waals surface area contributed by atoms with Gasteiger partial charge in [-0.2, -0.15) is 0 Å². The second-order valence-corrected chi connectivity index (χ2v) is 32.1. The lowest BCUT2D eigenvalue weighted by molar-refractivity contribution is -0.136. The van der Waals surface area contributed by atoms with E-state index in [2.05, 4.69) is 189 Å². The first kappa shape index (κ1) is 58.6. The molecule has 6 nitrogen and oxygen atoms in total. The van der Waals surface area contributed by atoms with Gasteiger partial charge in [0, 0.05) is 71.2 Å². The minimum absolute atomic E-state index is 0. The Morgan fingerprint density at radius 2 is 0.875 bits per heavy atom. The first-order valence-electron chi connectivity index (χ1n) is 35.0. The molecule has 3 heterocycles. The molecule has 18 rings (SSSR count). The van der Waals surface area contributed by atoms with Gasteiger partial charge in [-0.25, -0.2) is 0 Å². The van der Waals surface area contributed by atoms with E-state index in [0.717, 1.165) is 105 Å². The van der Waals surface area contributed by atoms with Gasteiger partial charge in [0.15, 0.2) is 5.78 Å². The van der Waals surface area contributed by atoms with Crippen LogP contribution in [0.5, 0.6) is 0 Å². The van der Waals surface area contributed by atoms with Crippen LogP contribution in [-0.2, 0) is 9.59 Å². The van der Waals surface area contributed by atoms with Crippen molar-refractivity contribution in [1.82, 2.24) is 13.7 Å². The molecule has 0 bridgehead atoms. The molecule has 9 unspecified atom stereocenters. The molecule has 6 heteroatoms. The van der Waals surface area contributed by atoms with E-state index in [1.54, 1.807) is 17.0 Å². The van der Waals surface area contributed by atoms with Crippen LogP contribution in [0.3, 0.4) is 0 Å². The fourth-order valence-corrected chi connectivity index (χ4v) is 23.9. The van der Waals surface area contributed by atoms with E-state index in [4.69, 9.17) is 0 Å².